The van der Waals surface area contributed by atoms with Crippen LogP contribution in [0.1, 0.15) is 22.3 Å². The van der Waals surface area contributed by atoms with Crippen LogP contribution in [-0.2, 0) is 6.54 Å². The van der Waals surface area contributed by atoms with Crippen molar-refractivity contribution in [3.8, 4) is 0 Å². The number of alkyl halides is 2. The number of nitrogens with zero attached hydrogens (tertiary/aromatic N) is 2. The van der Waals surface area contributed by atoms with E-state index in [0.29, 0.717) is 29.8 Å². The summed E-state index contributed by atoms with van der Waals surface area (Å²) in [5.41, 5.74) is 2.20. The zero-order chi connectivity index (χ0) is 20.4. The molecule has 8 heteroatoms. The van der Waals surface area contributed by atoms with Gasteiger partial charge in [0.15, 0.2) is 0 Å². The molecular weight excluding hydrogens is 376 g/mol. The van der Waals surface area contributed by atoms with Crippen LogP contribution in [0.4, 0.5) is 14.5 Å². The molecule has 3 heterocycles. The quantitative estimate of drug-likeness (QED) is 0.616. The molecule has 4 rings (SSSR count). The summed E-state index contributed by atoms with van der Waals surface area (Å²) in [6, 6.07) is 10.3. The molecule has 1 amide bonds. The molecule has 1 saturated heterocycles. The maximum atomic E-state index is 15.0. The van der Waals surface area contributed by atoms with Gasteiger partial charge in [-0.05, 0) is 18.1 Å². The van der Waals surface area contributed by atoms with E-state index in [0.717, 1.165) is 5.56 Å². The highest BCUT2D eigenvalue weighted by Gasteiger charge is 2.45. The van der Waals surface area contributed by atoms with Crippen molar-refractivity contribution in [3.05, 3.63) is 59.9 Å². The number of H-pyrrole nitrogens is 1. The van der Waals surface area contributed by atoms with Crippen LogP contribution < -0.4 is 10.6 Å². The molecule has 1 aromatic carbocycles. The third-order valence-corrected chi connectivity index (χ3v) is 5.30. The third kappa shape index (κ3) is 3.93. The van der Waals surface area contributed by atoms with Gasteiger partial charge in [0, 0.05) is 37.9 Å². The van der Waals surface area contributed by atoms with E-state index in [1.54, 1.807) is 17.2 Å². The molecule has 1 unspecified atom stereocenters. The van der Waals surface area contributed by atoms with Gasteiger partial charge in [0.05, 0.1) is 23.8 Å². The molecule has 1 atom stereocenters. The molecule has 0 aliphatic carbocycles. The van der Waals surface area contributed by atoms with Crippen molar-refractivity contribution in [1.29, 1.82) is 0 Å². The molecule has 3 aromatic rings. The molecule has 2 aromatic heterocycles. The minimum atomic E-state index is -2.95. The van der Waals surface area contributed by atoms with Crippen molar-refractivity contribution in [3.63, 3.8) is 0 Å². The highest BCUT2D eigenvalue weighted by Crippen LogP contribution is 2.34. The highest BCUT2D eigenvalue weighted by molar-refractivity contribution is 6.06. The van der Waals surface area contributed by atoms with E-state index < -0.39 is 12.0 Å². The number of benzene rings is 1. The number of hydrogen-bond donors (Lipinski definition) is 3. The average molecular weight is 399 g/mol. The van der Waals surface area contributed by atoms with Gasteiger partial charge in [0.25, 0.3) is 11.8 Å². The van der Waals surface area contributed by atoms with Crippen LogP contribution in [-0.4, -0.2) is 52.9 Å². The second kappa shape index (κ2) is 7.79. The number of likely N-dealkylation sites (tertiary alicyclic amines) is 1. The van der Waals surface area contributed by atoms with Crippen molar-refractivity contribution in [1.82, 2.24) is 20.2 Å². The number of nitrogens with one attached hydrogen (secondary N) is 3. The average Bonchev–Trinajstić information content (AvgIpc) is 3.19. The van der Waals surface area contributed by atoms with E-state index in [1.165, 1.54) is 13.2 Å². The monoisotopic (exact) mass is 399 g/mol. The Labute approximate surface area is 167 Å². The lowest BCUT2D eigenvalue weighted by Gasteiger charge is -2.39. The maximum Gasteiger partial charge on any atom is 0.280 e. The predicted octanol–water partition coefficient (Wildman–Crippen LogP) is 3.24. The fraction of sp³-hybridized carbons (Fsp3) is 0.333. The summed E-state index contributed by atoms with van der Waals surface area (Å²) in [7, 11) is 1.50. The highest BCUT2D eigenvalue weighted by atomic mass is 19.3. The summed E-state index contributed by atoms with van der Waals surface area (Å²) in [4.78, 5) is 21.2. The van der Waals surface area contributed by atoms with Crippen molar-refractivity contribution in [2.24, 2.45) is 0 Å². The molecule has 0 bridgehead atoms. The van der Waals surface area contributed by atoms with E-state index >= 15 is 8.78 Å². The number of carbonyl (C=O) groups excluding carboxylic acids is 1. The lowest BCUT2D eigenvalue weighted by molar-refractivity contribution is -0.0758. The van der Waals surface area contributed by atoms with Gasteiger partial charge >= 0.3 is 0 Å². The Morgan fingerprint density at radius 1 is 1.31 bits per heavy atom. The molecule has 1 aliphatic heterocycles. The molecule has 3 N–H and O–H groups in total. The summed E-state index contributed by atoms with van der Waals surface area (Å²) in [5, 5.41) is 6.14. The summed E-state index contributed by atoms with van der Waals surface area (Å²) < 4.78 is 30.0. The molecule has 1 fully saturated rings. The van der Waals surface area contributed by atoms with Crippen molar-refractivity contribution >= 4 is 22.6 Å². The number of aromatic amines is 1. The van der Waals surface area contributed by atoms with Gasteiger partial charge in [-0.3, -0.25) is 9.69 Å². The molecule has 0 saturated carbocycles. The largest absolute Gasteiger partial charge is 0.375 e. The summed E-state index contributed by atoms with van der Waals surface area (Å²) in [6.07, 6.45) is 3.35. The fourth-order valence-electron chi connectivity index (χ4n) is 3.81. The van der Waals surface area contributed by atoms with Gasteiger partial charge < -0.3 is 15.6 Å². The zero-order valence-corrected chi connectivity index (χ0v) is 16.1. The number of anilines is 1. The first-order chi connectivity index (χ1) is 14.0. The van der Waals surface area contributed by atoms with Crippen molar-refractivity contribution < 1.29 is 13.6 Å². The SMILES string of the molecule is CNC(=O)c1cnc2[nH]ccc2c1NC1CCN(Cc2ccccc2)CC1(F)F. The molecule has 1 aliphatic rings. The number of pyridine rings is 1. The normalized spacial score (nSPS) is 19.2. The van der Waals surface area contributed by atoms with Crippen molar-refractivity contribution in [2.75, 3.05) is 25.5 Å². The first-order valence-electron chi connectivity index (χ1n) is 9.57. The Bertz CT molecular complexity index is 1000. The first-order valence-corrected chi connectivity index (χ1v) is 9.57. The number of piperidine rings is 1. The minimum Gasteiger partial charge on any atom is -0.375 e. The fourth-order valence-corrected chi connectivity index (χ4v) is 3.81. The number of carbonyl (C=O) groups is 1. The van der Waals surface area contributed by atoms with Crippen LogP contribution >= 0.6 is 0 Å². The van der Waals surface area contributed by atoms with Gasteiger partial charge in [-0.1, -0.05) is 30.3 Å². The van der Waals surface area contributed by atoms with Crippen molar-refractivity contribution in [2.45, 2.75) is 24.9 Å². The standard InChI is InChI=1S/C21H23F2N5O/c1-24-20(29)16-11-26-19-15(7-9-25-19)18(16)27-17-8-10-28(13-21(17,22)23)12-14-5-3-2-4-6-14/h2-7,9,11,17H,8,10,12-13H2,1H3,(H,24,29)(H2,25,26,27). The van der Waals surface area contributed by atoms with Gasteiger partial charge in [-0.2, -0.15) is 0 Å². The Morgan fingerprint density at radius 3 is 2.83 bits per heavy atom. The van der Waals surface area contributed by atoms with E-state index in [-0.39, 0.29) is 24.4 Å². The van der Waals surface area contributed by atoms with Gasteiger partial charge in [-0.15, -0.1) is 0 Å². The van der Waals surface area contributed by atoms with Crippen LogP contribution in [0.15, 0.2) is 48.8 Å². The maximum absolute atomic E-state index is 15.0. The summed E-state index contributed by atoms with van der Waals surface area (Å²) >= 11 is 0. The summed E-state index contributed by atoms with van der Waals surface area (Å²) in [6.45, 7) is 0.693. The van der Waals surface area contributed by atoms with Gasteiger partial charge in [0.1, 0.15) is 5.65 Å². The van der Waals surface area contributed by atoms with Crippen LogP contribution in [0.5, 0.6) is 0 Å². The Morgan fingerprint density at radius 2 is 2.10 bits per heavy atom. The molecule has 0 spiro atoms. The number of hydrogen-bond acceptors (Lipinski definition) is 4. The molecule has 152 valence electrons. The third-order valence-electron chi connectivity index (χ3n) is 5.30. The molecular formula is C21H23F2N5O. The number of rotatable bonds is 5. The predicted molar refractivity (Wildman–Crippen MR) is 108 cm³/mol. The first kappa shape index (κ1) is 19.3. The van der Waals surface area contributed by atoms with Crippen LogP contribution in [0.25, 0.3) is 11.0 Å². The molecule has 0 radical (unpaired) electrons. The van der Waals surface area contributed by atoms with Crippen LogP contribution in [0.3, 0.4) is 0 Å². The zero-order valence-electron chi connectivity index (χ0n) is 16.1. The smallest absolute Gasteiger partial charge is 0.280 e. The Kier molecular flexibility index (Phi) is 5.19. The van der Waals surface area contributed by atoms with Crippen LogP contribution in [0, 0.1) is 0 Å². The van der Waals surface area contributed by atoms with E-state index in [2.05, 4.69) is 20.6 Å². The van der Waals surface area contributed by atoms with Gasteiger partial charge in [-0.25, -0.2) is 13.8 Å². The van der Waals surface area contributed by atoms with Gasteiger partial charge in [0.2, 0.25) is 0 Å². The Balaban J connectivity index is 1.56. The topological polar surface area (TPSA) is 73.0 Å². The summed E-state index contributed by atoms with van der Waals surface area (Å²) in [5.74, 6) is -3.31. The number of amides is 1. The number of aromatic nitrogens is 2. The van der Waals surface area contributed by atoms with E-state index in [4.69, 9.17) is 0 Å². The molecule has 6 nitrogen and oxygen atoms in total. The van der Waals surface area contributed by atoms with Crippen LogP contribution in [0.2, 0.25) is 0 Å². The second-order valence-corrected chi connectivity index (χ2v) is 7.31. The van der Waals surface area contributed by atoms with E-state index in [9.17, 15) is 4.79 Å². The number of fused-ring (bicyclic) bond motifs is 1. The second-order valence-electron chi connectivity index (χ2n) is 7.31. The lowest BCUT2D eigenvalue weighted by atomic mass is 9.98. The minimum absolute atomic E-state index is 0.252. The van der Waals surface area contributed by atoms with E-state index in [1.807, 2.05) is 30.3 Å². The lowest BCUT2D eigenvalue weighted by Crippen LogP contribution is -2.54. The number of halogens is 2. The molecule has 29 heavy (non-hydrogen) atoms. The Hall–Kier alpha value is -3.00.